The van der Waals surface area contributed by atoms with Gasteiger partial charge in [-0.05, 0) is 31.9 Å². The molecule has 160 valence electrons. The number of hydrogen-bond donors (Lipinski definition) is 3. The first-order chi connectivity index (χ1) is 14.4. The Morgan fingerprint density at radius 1 is 1.30 bits per heavy atom. The van der Waals surface area contributed by atoms with Gasteiger partial charge in [0.1, 0.15) is 11.5 Å². The first kappa shape index (κ1) is 20.2. The number of aliphatic hydroxyl groups is 1. The van der Waals surface area contributed by atoms with Crippen molar-refractivity contribution in [2.75, 3.05) is 35.9 Å². The highest BCUT2D eigenvalue weighted by atomic mass is 16.7. The van der Waals surface area contributed by atoms with Gasteiger partial charge in [0.15, 0.2) is 11.5 Å². The molecule has 0 saturated carbocycles. The molecule has 9 heteroatoms. The van der Waals surface area contributed by atoms with Crippen LogP contribution >= 0.6 is 0 Å². The molecule has 0 bridgehead atoms. The first-order valence-corrected chi connectivity index (χ1v) is 10.2. The Morgan fingerprint density at radius 3 is 2.87 bits per heavy atom. The fraction of sp³-hybridized carbons (Fsp3) is 0.476. The maximum atomic E-state index is 13.3. The van der Waals surface area contributed by atoms with E-state index >= 15 is 0 Å². The highest BCUT2D eigenvalue weighted by molar-refractivity contribution is 6.07. The summed E-state index contributed by atoms with van der Waals surface area (Å²) in [5.41, 5.74) is 7.10. The van der Waals surface area contributed by atoms with E-state index in [-0.39, 0.29) is 30.9 Å². The van der Waals surface area contributed by atoms with Gasteiger partial charge in [0, 0.05) is 23.9 Å². The van der Waals surface area contributed by atoms with Crippen LogP contribution in [-0.2, 0) is 6.42 Å². The fourth-order valence-electron chi connectivity index (χ4n) is 3.80. The standard InChI is InChI=1S/C21H27N5O4/c1-3-4-8-21(2,11-27)25-18-14-7-9-26(19(28)17(14)23-20(22)24-18)13-5-6-15-16(10-13)30-12-29-15/h5-6,10,27H,3-4,7-9,11-12H2,1-2H3,(H3,22,23,24,25)/t21-/m1/s1. The molecule has 0 unspecified atom stereocenters. The van der Waals surface area contributed by atoms with Gasteiger partial charge < -0.3 is 30.5 Å². The molecular formula is C21H27N5O4. The number of amides is 1. The molecule has 4 N–H and O–H groups in total. The van der Waals surface area contributed by atoms with E-state index in [1.54, 1.807) is 17.0 Å². The Hall–Kier alpha value is -3.07. The number of hydrogen-bond acceptors (Lipinski definition) is 8. The normalized spacial score (nSPS) is 16.9. The predicted molar refractivity (Wildman–Crippen MR) is 113 cm³/mol. The molecule has 1 amide bonds. The smallest absolute Gasteiger partial charge is 0.277 e. The van der Waals surface area contributed by atoms with Crippen LogP contribution < -0.4 is 25.4 Å². The lowest BCUT2D eigenvalue weighted by molar-refractivity contribution is 0.0975. The van der Waals surface area contributed by atoms with Gasteiger partial charge in [0.25, 0.3) is 5.91 Å². The number of aliphatic hydroxyl groups excluding tert-OH is 1. The van der Waals surface area contributed by atoms with Crippen molar-refractivity contribution in [2.45, 2.75) is 45.1 Å². The molecule has 0 spiro atoms. The number of nitrogen functional groups attached to an aromatic ring is 1. The average Bonchev–Trinajstić information content (AvgIpc) is 3.21. The summed E-state index contributed by atoms with van der Waals surface area (Å²) >= 11 is 0. The number of carbonyl (C=O) groups is 1. The van der Waals surface area contributed by atoms with Crippen LogP contribution in [0.5, 0.6) is 11.5 Å². The van der Waals surface area contributed by atoms with Crippen molar-refractivity contribution in [2.24, 2.45) is 0 Å². The minimum absolute atomic E-state index is 0.0212. The van der Waals surface area contributed by atoms with E-state index in [0.717, 1.165) is 24.8 Å². The van der Waals surface area contributed by atoms with Gasteiger partial charge in [-0.1, -0.05) is 19.8 Å². The second-order valence-corrected chi connectivity index (χ2v) is 7.95. The van der Waals surface area contributed by atoms with Crippen molar-refractivity contribution in [1.29, 1.82) is 0 Å². The second-order valence-electron chi connectivity index (χ2n) is 7.95. The number of anilines is 3. The summed E-state index contributed by atoms with van der Waals surface area (Å²) in [6.07, 6.45) is 3.32. The van der Waals surface area contributed by atoms with Gasteiger partial charge in [-0.2, -0.15) is 4.98 Å². The van der Waals surface area contributed by atoms with Crippen LogP contribution in [-0.4, -0.2) is 46.5 Å². The number of nitrogens with one attached hydrogen (secondary N) is 1. The number of carbonyl (C=O) groups excluding carboxylic acids is 1. The Bertz CT molecular complexity index is 967. The van der Waals surface area contributed by atoms with Gasteiger partial charge in [-0.15, -0.1) is 0 Å². The molecule has 3 heterocycles. The Morgan fingerprint density at radius 2 is 2.10 bits per heavy atom. The van der Waals surface area contributed by atoms with Gasteiger partial charge in [-0.25, -0.2) is 4.98 Å². The molecule has 0 radical (unpaired) electrons. The Labute approximate surface area is 175 Å². The maximum Gasteiger partial charge on any atom is 0.277 e. The number of rotatable bonds is 7. The zero-order valence-corrected chi connectivity index (χ0v) is 17.3. The lowest BCUT2D eigenvalue weighted by atomic mass is 9.95. The van der Waals surface area contributed by atoms with E-state index in [1.165, 1.54) is 0 Å². The molecule has 0 aliphatic carbocycles. The minimum Gasteiger partial charge on any atom is -0.454 e. The van der Waals surface area contributed by atoms with Gasteiger partial charge >= 0.3 is 0 Å². The van der Waals surface area contributed by atoms with Crippen molar-refractivity contribution < 1.29 is 19.4 Å². The Balaban J connectivity index is 1.64. The lowest BCUT2D eigenvalue weighted by Gasteiger charge is -2.33. The molecule has 2 aliphatic rings. The summed E-state index contributed by atoms with van der Waals surface area (Å²) in [6.45, 7) is 4.64. The van der Waals surface area contributed by atoms with Crippen LogP contribution in [0.25, 0.3) is 0 Å². The van der Waals surface area contributed by atoms with Crippen LogP contribution in [0.3, 0.4) is 0 Å². The zero-order chi connectivity index (χ0) is 21.3. The summed E-state index contributed by atoms with van der Waals surface area (Å²) < 4.78 is 10.8. The SMILES string of the molecule is CCCC[C@](C)(CO)Nc1nc(N)nc2c1CCN(c1ccc3c(c1)OCO3)C2=O. The lowest BCUT2D eigenvalue weighted by Crippen LogP contribution is -2.42. The monoisotopic (exact) mass is 413 g/mol. The molecule has 0 saturated heterocycles. The van der Waals surface area contributed by atoms with Crippen molar-refractivity contribution >= 4 is 23.4 Å². The molecular weight excluding hydrogens is 386 g/mol. The van der Waals surface area contributed by atoms with Crippen LogP contribution in [0.4, 0.5) is 17.5 Å². The third kappa shape index (κ3) is 3.72. The highest BCUT2D eigenvalue weighted by Crippen LogP contribution is 2.37. The molecule has 4 rings (SSSR count). The Kier molecular flexibility index (Phi) is 5.38. The van der Waals surface area contributed by atoms with E-state index in [9.17, 15) is 9.90 Å². The molecule has 0 fully saturated rings. The number of ether oxygens (including phenoxy) is 2. The topological polar surface area (TPSA) is 123 Å². The van der Waals surface area contributed by atoms with E-state index < -0.39 is 5.54 Å². The van der Waals surface area contributed by atoms with Crippen LogP contribution in [0.15, 0.2) is 18.2 Å². The second kappa shape index (κ2) is 7.98. The summed E-state index contributed by atoms with van der Waals surface area (Å²) in [6, 6.07) is 5.42. The van der Waals surface area contributed by atoms with Gasteiger partial charge in [0.05, 0.1) is 12.1 Å². The van der Waals surface area contributed by atoms with Gasteiger partial charge in [0.2, 0.25) is 12.7 Å². The summed E-state index contributed by atoms with van der Waals surface area (Å²) in [7, 11) is 0. The van der Waals surface area contributed by atoms with Crippen LogP contribution in [0.1, 0.15) is 49.2 Å². The molecule has 1 aromatic heterocycles. The van der Waals surface area contributed by atoms with E-state index in [4.69, 9.17) is 15.2 Å². The van der Waals surface area contributed by atoms with Crippen molar-refractivity contribution in [3.05, 3.63) is 29.5 Å². The molecule has 1 atom stereocenters. The molecule has 2 aliphatic heterocycles. The number of benzene rings is 1. The molecule has 2 aromatic rings. The third-order valence-electron chi connectivity index (χ3n) is 5.58. The number of unbranched alkanes of at least 4 members (excludes halogenated alkanes) is 1. The highest BCUT2D eigenvalue weighted by Gasteiger charge is 2.33. The van der Waals surface area contributed by atoms with E-state index in [2.05, 4.69) is 22.2 Å². The number of aromatic nitrogens is 2. The number of fused-ring (bicyclic) bond motifs is 2. The van der Waals surface area contributed by atoms with Crippen LogP contribution in [0, 0.1) is 0 Å². The zero-order valence-electron chi connectivity index (χ0n) is 17.3. The quantitative estimate of drug-likeness (QED) is 0.632. The molecule has 9 nitrogen and oxygen atoms in total. The maximum absolute atomic E-state index is 13.3. The third-order valence-corrected chi connectivity index (χ3v) is 5.58. The van der Waals surface area contributed by atoms with E-state index in [1.807, 2.05) is 13.0 Å². The minimum atomic E-state index is -0.553. The first-order valence-electron chi connectivity index (χ1n) is 10.2. The predicted octanol–water partition coefficient (Wildman–Crippen LogP) is 2.34. The van der Waals surface area contributed by atoms with Gasteiger partial charge in [-0.3, -0.25) is 4.79 Å². The van der Waals surface area contributed by atoms with Crippen molar-refractivity contribution in [3.63, 3.8) is 0 Å². The number of nitrogens with zero attached hydrogens (tertiary/aromatic N) is 3. The summed E-state index contributed by atoms with van der Waals surface area (Å²) in [5, 5.41) is 13.3. The molecule has 30 heavy (non-hydrogen) atoms. The number of nitrogens with two attached hydrogens (primary N) is 1. The summed E-state index contributed by atoms with van der Waals surface area (Å²) in [5.74, 6) is 1.57. The fourth-order valence-corrected chi connectivity index (χ4v) is 3.80. The van der Waals surface area contributed by atoms with Crippen molar-refractivity contribution in [3.8, 4) is 11.5 Å². The van der Waals surface area contributed by atoms with Crippen molar-refractivity contribution in [1.82, 2.24) is 9.97 Å². The van der Waals surface area contributed by atoms with E-state index in [0.29, 0.717) is 36.0 Å². The molecule has 1 aromatic carbocycles. The average molecular weight is 413 g/mol. The largest absolute Gasteiger partial charge is 0.454 e. The summed E-state index contributed by atoms with van der Waals surface area (Å²) in [4.78, 5) is 23.5. The van der Waals surface area contributed by atoms with Crippen LogP contribution in [0.2, 0.25) is 0 Å².